The summed E-state index contributed by atoms with van der Waals surface area (Å²) in [7, 11) is 0. The zero-order valence-electron chi connectivity index (χ0n) is 18.7. The van der Waals surface area contributed by atoms with Crippen LogP contribution in [0.4, 0.5) is 11.4 Å². The average Bonchev–Trinajstić information content (AvgIpc) is 3.07. The molecule has 0 aromatic heterocycles. The summed E-state index contributed by atoms with van der Waals surface area (Å²) in [6, 6.07) is 12.3. The smallest absolute Gasteiger partial charge is 0.338 e. The van der Waals surface area contributed by atoms with E-state index in [1.165, 1.54) is 31.2 Å². The van der Waals surface area contributed by atoms with Crippen LogP contribution in [-0.4, -0.2) is 46.8 Å². The molecule has 0 radical (unpaired) electrons. The molecule has 2 aromatic rings. The number of fused-ring (bicyclic) bond motifs is 1. The van der Waals surface area contributed by atoms with Crippen LogP contribution in [0.3, 0.4) is 0 Å². The number of imide groups is 1. The monoisotopic (exact) mass is 516 g/mol. The van der Waals surface area contributed by atoms with E-state index >= 15 is 0 Å². The highest BCUT2D eigenvalue weighted by Crippen LogP contribution is 2.43. The maximum atomic E-state index is 13.0. The predicted octanol–water partition coefficient (Wildman–Crippen LogP) is 3.80. The lowest BCUT2D eigenvalue weighted by atomic mass is 9.80. The van der Waals surface area contributed by atoms with Crippen LogP contribution < -0.4 is 10.2 Å². The van der Waals surface area contributed by atoms with Crippen LogP contribution in [0.25, 0.3) is 0 Å². The molecule has 1 aliphatic carbocycles. The maximum absolute atomic E-state index is 13.0. The third kappa shape index (κ3) is 5.23. The fraction of sp³-hybridized carbons (Fsp3) is 0.320. The van der Waals surface area contributed by atoms with Crippen molar-refractivity contribution in [1.29, 1.82) is 0 Å². The summed E-state index contributed by atoms with van der Waals surface area (Å²) in [5.74, 6) is -3.35. The zero-order valence-corrected chi connectivity index (χ0v) is 20.2. The van der Waals surface area contributed by atoms with E-state index in [2.05, 4.69) is 5.32 Å². The highest BCUT2D eigenvalue weighted by Gasteiger charge is 2.52. The SMILES string of the molecule is CC(=O)c1cccc(NC(=O)COC(=O)c2cccc(N3C(=O)[C@H]4C[C@@H](Cl)[C@@H](Cl)C[C@H]4C3=O)c2)c1. The summed E-state index contributed by atoms with van der Waals surface area (Å²) in [5, 5.41) is 1.77. The molecular weight excluding hydrogens is 495 g/mol. The van der Waals surface area contributed by atoms with Gasteiger partial charge in [-0.3, -0.25) is 24.1 Å². The summed E-state index contributed by atoms with van der Waals surface area (Å²) >= 11 is 12.4. The first kappa shape index (κ1) is 24.9. The van der Waals surface area contributed by atoms with Crippen molar-refractivity contribution in [3.63, 3.8) is 0 Å². The van der Waals surface area contributed by atoms with Crippen molar-refractivity contribution in [3.05, 3.63) is 59.7 Å². The van der Waals surface area contributed by atoms with E-state index in [1.54, 1.807) is 24.3 Å². The Morgan fingerprint density at radius 3 is 2.17 bits per heavy atom. The molecule has 1 N–H and O–H groups in total. The lowest BCUT2D eigenvalue weighted by Crippen LogP contribution is -2.34. The van der Waals surface area contributed by atoms with Crippen LogP contribution in [-0.2, 0) is 19.1 Å². The van der Waals surface area contributed by atoms with Gasteiger partial charge >= 0.3 is 5.97 Å². The van der Waals surface area contributed by atoms with Crippen LogP contribution >= 0.6 is 23.2 Å². The Labute approximate surface area is 211 Å². The molecule has 2 fully saturated rings. The van der Waals surface area contributed by atoms with Gasteiger partial charge in [-0.2, -0.15) is 0 Å². The first-order chi connectivity index (χ1) is 16.7. The van der Waals surface area contributed by atoms with Gasteiger partial charge in [-0.25, -0.2) is 4.79 Å². The fourth-order valence-corrected chi connectivity index (χ4v) is 4.94. The molecule has 1 heterocycles. The number of nitrogens with one attached hydrogen (secondary N) is 1. The average molecular weight is 517 g/mol. The number of carbonyl (C=O) groups excluding carboxylic acids is 5. The van der Waals surface area contributed by atoms with Crippen LogP contribution in [0.5, 0.6) is 0 Å². The molecule has 8 nitrogen and oxygen atoms in total. The highest BCUT2D eigenvalue weighted by atomic mass is 35.5. The van der Waals surface area contributed by atoms with E-state index in [0.717, 1.165) is 4.90 Å². The molecule has 10 heteroatoms. The number of ketones is 1. The first-order valence-electron chi connectivity index (χ1n) is 11.0. The number of amides is 3. The van der Waals surface area contributed by atoms with Gasteiger partial charge in [0.1, 0.15) is 0 Å². The van der Waals surface area contributed by atoms with Gasteiger partial charge in [0.05, 0.1) is 33.8 Å². The number of hydrogen-bond acceptors (Lipinski definition) is 6. The Bertz CT molecular complexity index is 1190. The van der Waals surface area contributed by atoms with E-state index in [0.29, 0.717) is 24.1 Å². The fourth-order valence-electron chi connectivity index (χ4n) is 4.35. The Morgan fingerprint density at radius 2 is 1.54 bits per heavy atom. The van der Waals surface area contributed by atoms with Gasteiger partial charge in [0.25, 0.3) is 5.91 Å². The molecule has 182 valence electrons. The number of Topliss-reactive ketones (excluding diaryl/α,β-unsaturated/α-hetero) is 1. The molecule has 0 bridgehead atoms. The second kappa shape index (κ2) is 10.2. The standard InChI is InChI=1S/C25H22Cl2N2O6/c1-13(30)14-4-2-6-16(8-14)28-22(31)12-35-25(34)15-5-3-7-17(9-15)29-23(32)18-10-20(26)21(27)11-19(18)24(29)33/h2-9,18-21H,10-12H2,1H3,(H,28,31)/t18-,19+,20+,21-. The van der Waals surface area contributed by atoms with Crippen molar-refractivity contribution >= 4 is 64.1 Å². The second-order valence-corrected chi connectivity index (χ2v) is 9.66. The summed E-state index contributed by atoms with van der Waals surface area (Å²) in [6.07, 6.45) is 0.626. The van der Waals surface area contributed by atoms with Crippen molar-refractivity contribution in [3.8, 4) is 0 Å². The zero-order chi connectivity index (χ0) is 25.3. The lowest BCUT2D eigenvalue weighted by Gasteiger charge is -2.28. The minimum atomic E-state index is -0.794. The molecule has 4 atom stereocenters. The number of esters is 1. The molecule has 35 heavy (non-hydrogen) atoms. The summed E-state index contributed by atoms with van der Waals surface area (Å²) in [4.78, 5) is 63.2. The molecule has 4 rings (SSSR count). The summed E-state index contributed by atoms with van der Waals surface area (Å²) < 4.78 is 5.09. The van der Waals surface area contributed by atoms with Crippen LogP contribution in [0.15, 0.2) is 48.5 Å². The number of nitrogens with zero attached hydrogens (tertiary/aromatic N) is 1. The molecule has 0 spiro atoms. The van der Waals surface area contributed by atoms with Crippen molar-refractivity contribution in [1.82, 2.24) is 0 Å². The number of anilines is 2. The van der Waals surface area contributed by atoms with Gasteiger partial charge in [-0.05, 0) is 50.1 Å². The third-order valence-electron chi connectivity index (χ3n) is 6.14. The largest absolute Gasteiger partial charge is 0.452 e. The predicted molar refractivity (Wildman–Crippen MR) is 130 cm³/mol. The summed E-state index contributed by atoms with van der Waals surface area (Å²) in [6.45, 7) is 0.852. The molecule has 0 unspecified atom stereocenters. The molecule has 3 amide bonds. The number of halogens is 2. The van der Waals surface area contributed by atoms with Gasteiger partial charge in [-0.1, -0.05) is 18.2 Å². The van der Waals surface area contributed by atoms with E-state index in [-0.39, 0.29) is 28.8 Å². The van der Waals surface area contributed by atoms with Gasteiger partial charge in [0.2, 0.25) is 11.8 Å². The minimum Gasteiger partial charge on any atom is -0.452 e. The molecule has 2 aliphatic rings. The van der Waals surface area contributed by atoms with E-state index in [9.17, 15) is 24.0 Å². The van der Waals surface area contributed by atoms with Gasteiger partial charge in [-0.15, -0.1) is 23.2 Å². The maximum Gasteiger partial charge on any atom is 0.338 e. The van der Waals surface area contributed by atoms with Crippen molar-refractivity contribution in [2.45, 2.75) is 30.5 Å². The number of carbonyl (C=O) groups is 5. The van der Waals surface area contributed by atoms with Crippen LogP contribution in [0.2, 0.25) is 0 Å². The normalized spacial score (nSPS) is 23.6. The van der Waals surface area contributed by atoms with E-state index in [1.807, 2.05) is 0 Å². The number of ether oxygens (including phenoxy) is 1. The van der Waals surface area contributed by atoms with Crippen LogP contribution in [0.1, 0.15) is 40.5 Å². The molecule has 1 aliphatic heterocycles. The Balaban J connectivity index is 1.41. The molecule has 2 aromatic carbocycles. The number of rotatable bonds is 6. The van der Waals surface area contributed by atoms with Crippen molar-refractivity contribution < 1.29 is 28.7 Å². The van der Waals surface area contributed by atoms with Crippen molar-refractivity contribution in [2.75, 3.05) is 16.8 Å². The Hall–Kier alpha value is -3.23. The first-order valence-corrected chi connectivity index (χ1v) is 11.9. The van der Waals surface area contributed by atoms with Crippen molar-refractivity contribution in [2.24, 2.45) is 11.8 Å². The Morgan fingerprint density at radius 1 is 0.943 bits per heavy atom. The highest BCUT2D eigenvalue weighted by molar-refractivity contribution is 6.31. The van der Waals surface area contributed by atoms with E-state index < -0.39 is 41.1 Å². The van der Waals surface area contributed by atoms with E-state index in [4.69, 9.17) is 27.9 Å². The number of benzene rings is 2. The minimum absolute atomic E-state index is 0.0785. The number of hydrogen-bond donors (Lipinski definition) is 1. The third-order valence-corrected chi connectivity index (χ3v) is 7.23. The van der Waals surface area contributed by atoms with Gasteiger partial charge in [0.15, 0.2) is 12.4 Å². The quantitative estimate of drug-likeness (QED) is 0.270. The molecule has 1 saturated heterocycles. The van der Waals surface area contributed by atoms with Gasteiger partial charge in [0, 0.05) is 11.3 Å². The van der Waals surface area contributed by atoms with Gasteiger partial charge < -0.3 is 10.1 Å². The molecule has 1 saturated carbocycles. The topological polar surface area (TPSA) is 110 Å². The van der Waals surface area contributed by atoms with Crippen LogP contribution in [0, 0.1) is 11.8 Å². The number of alkyl halides is 2. The lowest BCUT2D eigenvalue weighted by molar-refractivity contribution is -0.122. The second-order valence-electron chi connectivity index (χ2n) is 8.54. The Kier molecular flexibility index (Phi) is 7.23. The summed E-state index contributed by atoms with van der Waals surface area (Å²) in [5.41, 5.74) is 1.15. The molecular formula is C25H22Cl2N2O6.